The van der Waals surface area contributed by atoms with E-state index in [4.69, 9.17) is 11.2 Å². The van der Waals surface area contributed by atoms with Crippen LogP contribution in [0.3, 0.4) is 0 Å². The van der Waals surface area contributed by atoms with Gasteiger partial charge in [-0.15, -0.1) is 12.3 Å². The summed E-state index contributed by atoms with van der Waals surface area (Å²) in [6, 6.07) is 8.38. The molecule has 0 amide bonds. The van der Waals surface area contributed by atoms with E-state index >= 15 is 0 Å². The minimum absolute atomic E-state index is 0.358. The standard InChI is InChI=1S/C13H17NO/c1-4-5-11(2)14-10-12-6-8-13(15-3)9-7-12/h1,6-9,11,14H,5,10H2,2-3H3. The molecule has 15 heavy (non-hydrogen) atoms. The first-order valence-corrected chi connectivity index (χ1v) is 5.06. The first-order valence-electron chi connectivity index (χ1n) is 5.06. The molecule has 0 bridgehead atoms. The summed E-state index contributed by atoms with van der Waals surface area (Å²) in [5.74, 6) is 3.52. The van der Waals surface area contributed by atoms with Crippen LogP contribution in [0.1, 0.15) is 18.9 Å². The summed E-state index contributed by atoms with van der Waals surface area (Å²) in [5.41, 5.74) is 1.24. The summed E-state index contributed by atoms with van der Waals surface area (Å²) in [6.45, 7) is 2.93. The van der Waals surface area contributed by atoms with Gasteiger partial charge in [-0.05, 0) is 24.6 Å². The number of rotatable bonds is 5. The number of methoxy groups -OCH3 is 1. The molecule has 1 N–H and O–H groups in total. The van der Waals surface area contributed by atoms with Gasteiger partial charge in [-0.3, -0.25) is 0 Å². The van der Waals surface area contributed by atoms with Crippen LogP contribution in [0.4, 0.5) is 0 Å². The summed E-state index contributed by atoms with van der Waals surface area (Å²) >= 11 is 0. The fourth-order valence-electron chi connectivity index (χ4n) is 1.28. The zero-order valence-corrected chi connectivity index (χ0v) is 9.29. The zero-order valence-electron chi connectivity index (χ0n) is 9.29. The second-order valence-corrected chi connectivity index (χ2v) is 3.54. The molecule has 1 aromatic rings. The number of nitrogens with one attached hydrogen (secondary N) is 1. The van der Waals surface area contributed by atoms with E-state index < -0.39 is 0 Å². The Morgan fingerprint density at radius 3 is 2.60 bits per heavy atom. The van der Waals surface area contributed by atoms with E-state index in [2.05, 4.69) is 30.3 Å². The molecule has 0 radical (unpaired) electrons. The average Bonchev–Trinajstić information content (AvgIpc) is 2.27. The number of ether oxygens (including phenoxy) is 1. The minimum Gasteiger partial charge on any atom is -0.497 e. The molecule has 1 aromatic carbocycles. The number of terminal acetylenes is 1. The molecule has 80 valence electrons. The molecular formula is C13H17NO. The van der Waals surface area contributed by atoms with Crippen molar-refractivity contribution in [2.24, 2.45) is 0 Å². The van der Waals surface area contributed by atoms with E-state index in [1.807, 2.05) is 12.1 Å². The highest BCUT2D eigenvalue weighted by molar-refractivity contribution is 5.27. The summed E-state index contributed by atoms with van der Waals surface area (Å²) in [6.07, 6.45) is 5.99. The molecule has 1 unspecified atom stereocenters. The number of benzene rings is 1. The van der Waals surface area contributed by atoms with Gasteiger partial charge in [-0.25, -0.2) is 0 Å². The largest absolute Gasteiger partial charge is 0.497 e. The van der Waals surface area contributed by atoms with Gasteiger partial charge in [0.1, 0.15) is 5.75 Å². The lowest BCUT2D eigenvalue weighted by molar-refractivity contribution is 0.414. The highest BCUT2D eigenvalue weighted by atomic mass is 16.5. The Kier molecular flexibility index (Phi) is 4.73. The van der Waals surface area contributed by atoms with Crippen LogP contribution in [-0.4, -0.2) is 13.2 Å². The predicted molar refractivity (Wildman–Crippen MR) is 62.7 cm³/mol. The van der Waals surface area contributed by atoms with Crippen molar-refractivity contribution in [1.29, 1.82) is 0 Å². The van der Waals surface area contributed by atoms with Gasteiger partial charge < -0.3 is 10.1 Å². The van der Waals surface area contributed by atoms with Gasteiger partial charge in [0.15, 0.2) is 0 Å². The predicted octanol–water partition coefficient (Wildman–Crippen LogP) is 2.20. The Morgan fingerprint density at radius 2 is 2.07 bits per heavy atom. The molecular weight excluding hydrogens is 186 g/mol. The third kappa shape index (κ3) is 4.05. The molecule has 0 heterocycles. The Morgan fingerprint density at radius 1 is 1.40 bits per heavy atom. The Labute approximate surface area is 91.6 Å². The Balaban J connectivity index is 2.41. The lowest BCUT2D eigenvalue weighted by Gasteiger charge is -2.10. The van der Waals surface area contributed by atoms with Crippen LogP contribution >= 0.6 is 0 Å². The topological polar surface area (TPSA) is 21.3 Å². The third-order valence-electron chi connectivity index (χ3n) is 2.24. The van der Waals surface area contributed by atoms with Crippen molar-refractivity contribution in [1.82, 2.24) is 5.32 Å². The Bertz CT molecular complexity index is 323. The molecule has 2 nitrogen and oxygen atoms in total. The smallest absolute Gasteiger partial charge is 0.118 e. The monoisotopic (exact) mass is 203 g/mol. The molecule has 0 aliphatic rings. The van der Waals surface area contributed by atoms with Crippen LogP contribution in [0.25, 0.3) is 0 Å². The number of hydrogen-bond donors (Lipinski definition) is 1. The number of hydrogen-bond acceptors (Lipinski definition) is 2. The van der Waals surface area contributed by atoms with E-state index in [9.17, 15) is 0 Å². The van der Waals surface area contributed by atoms with Crippen molar-refractivity contribution in [2.75, 3.05) is 7.11 Å². The van der Waals surface area contributed by atoms with E-state index in [0.29, 0.717) is 6.04 Å². The lowest BCUT2D eigenvalue weighted by Crippen LogP contribution is -2.24. The SMILES string of the molecule is C#CCC(C)NCc1ccc(OC)cc1. The highest BCUT2D eigenvalue weighted by Gasteiger charge is 1.99. The lowest BCUT2D eigenvalue weighted by atomic mass is 10.2. The first-order chi connectivity index (χ1) is 7.26. The van der Waals surface area contributed by atoms with Crippen molar-refractivity contribution < 1.29 is 4.74 Å². The summed E-state index contributed by atoms with van der Waals surface area (Å²) in [7, 11) is 1.67. The van der Waals surface area contributed by atoms with Crippen LogP contribution in [0.15, 0.2) is 24.3 Å². The summed E-state index contributed by atoms with van der Waals surface area (Å²) < 4.78 is 5.09. The van der Waals surface area contributed by atoms with E-state index in [1.165, 1.54) is 5.56 Å². The minimum atomic E-state index is 0.358. The highest BCUT2D eigenvalue weighted by Crippen LogP contribution is 2.11. The molecule has 0 saturated carbocycles. The first kappa shape index (κ1) is 11.6. The van der Waals surface area contributed by atoms with Crippen LogP contribution < -0.4 is 10.1 Å². The molecule has 1 rings (SSSR count). The molecule has 0 aliphatic heterocycles. The van der Waals surface area contributed by atoms with Gasteiger partial charge >= 0.3 is 0 Å². The van der Waals surface area contributed by atoms with Gasteiger partial charge in [-0.1, -0.05) is 12.1 Å². The van der Waals surface area contributed by atoms with E-state index in [-0.39, 0.29) is 0 Å². The molecule has 0 saturated heterocycles. The van der Waals surface area contributed by atoms with Crippen LogP contribution in [0, 0.1) is 12.3 Å². The summed E-state index contributed by atoms with van der Waals surface area (Å²) in [5, 5.41) is 3.35. The maximum absolute atomic E-state index is 5.23. The van der Waals surface area contributed by atoms with Crippen LogP contribution in [-0.2, 0) is 6.54 Å². The van der Waals surface area contributed by atoms with Crippen molar-refractivity contribution >= 4 is 0 Å². The molecule has 0 aromatic heterocycles. The van der Waals surface area contributed by atoms with Crippen molar-refractivity contribution in [3.63, 3.8) is 0 Å². The molecule has 2 heteroatoms. The fraction of sp³-hybridized carbons (Fsp3) is 0.385. The normalized spacial score (nSPS) is 11.8. The second kappa shape index (κ2) is 6.10. The Hall–Kier alpha value is -1.46. The molecule has 1 atom stereocenters. The van der Waals surface area contributed by atoms with Crippen molar-refractivity contribution in [2.45, 2.75) is 25.9 Å². The van der Waals surface area contributed by atoms with Gasteiger partial charge in [-0.2, -0.15) is 0 Å². The van der Waals surface area contributed by atoms with Crippen LogP contribution in [0.2, 0.25) is 0 Å². The van der Waals surface area contributed by atoms with E-state index in [0.717, 1.165) is 18.7 Å². The van der Waals surface area contributed by atoms with Gasteiger partial charge in [0.25, 0.3) is 0 Å². The second-order valence-electron chi connectivity index (χ2n) is 3.54. The molecule has 0 fully saturated rings. The average molecular weight is 203 g/mol. The van der Waals surface area contributed by atoms with Gasteiger partial charge in [0.2, 0.25) is 0 Å². The van der Waals surface area contributed by atoms with Gasteiger partial charge in [0, 0.05) is 19.0 Å². The third-order valence-corrected chi connectivity index (χ3v) is 2.24. The maximum Gasteiger partial charge on any atom is 0.118 e. The van der Waals surface area contributed by atoms with Crippen LogP contribution in [0.5, 0.6) is 5.75 Å². The zero-order chi connectivity index (χ0) is 11.1. The van der Waals surface area contributed by atoms with E-state index in [1.54, 1.807) is 7.11 Å². The van der Waals surface area contributed by atoms with Gasteiger partial charge in [0.05, 0.1) is 7.11 Å². The maximum atomic E-state index is 5.23. The summed E-state index contributed by atoms with van der Waals surface area (Å²) in [4.78, 5) is 0. The molecule has 0 spiro atoms. The molecule has 0 aliphatic carbocycles. The quantitative estimate of drug-likeness (QED) is 0.741. The fourth-order valence-corrected chi connectivity index (χ4v) is 1.28. The van der Waals surface area contributed by atoms with Crippen molar-refractivity contribution in [3.8, 4) is 18.1 Å². The van der Waals surface area contributed by atoms with Crippen molar-refractivity contribution in [3.05, 3.63) is 29.8 Å².